The zero-order valence-electron chi connectivity index (χ0n) is 12.5. The van der Waals surface area contributed by atoms with Gasteiger partial charge in [-0.25, -0.2) is 0 Å². The smallest absolute Gasteiger partial charge is 0.362 e. The lowest BCUT2D eigenvalue weighted by molar-refractivity contribution is -0.297. The molecule has 0 bridgehead atoms. The van der Waals surface area contributed by atoms with Gasteiger partial charge in [0.1, 0.15) is 0 Å². The average Bonchev–Trinajstić information content (AvgIpc) is 2.95. The van der Waals surface area contributed by atoms with Gasteiger partial charge in [-0.1, -0.05) is 11.6 Å². The summed E-state index contributed by atoms with van der Waals surface area (Å²) in [6.45, 7) is 0. The number of alkyl halides is 3. The van der Waals surface area contributed by atoms with Crippen molar-refractivity contribution in [1.29, 1.82) is 0 Å². The molecule has 0 radical (unpaired) electrons. The fourth-order valence-corrected chi connectivity index (χ4v) is 2.53. The first-order valence-corrected chi connectivity index (χ1v) is 7.47. The van der Waals surface area contributed by atoms with Gasteiger partial charge in [-0.3, -0.25) is 9.78 Å². The Kier molecular flexibility index (Phi) is 4.26. The van der Waals surface area contributed by atoms with E-state index in [9.17, 15) is 23.1 Å². The number of aromatic nitrogens is 1. The van der Waals surface area contributed by atoms with Crippen LogP contribution in [0, 0.1) is 0 Å². The van der Waals surface area contributed by atoms with Crippen LogP contribution < -0.4 is 0 Å². The largest absolute Gasteiger partial charge is 0.438 e. The number of rotatable bonds is 2. The van der Waals surface area contributed by atoms with Gasteiger partial charge in [0.15, 0.2) is 0 Å². The summed E-state index contributed by atoms with van der Waals surface area (Å²) in [5.41, 5.74) is -3.23. The number of pyridine rings is 1. The number of hydrogen-bond acceptors (Lipinski definition) is 4. The predicted octanol–water partition coefficient (Wildman–Crippen LogP) is 3.24. The number of carbonyl (C=O) groups is 1. The van der Waals surface area contributed by atoms with Gasteiger partial charge in [0.2, 0.25) is 0 Å². The number of hydrazone groups is 1. The molecule has 0 spiro atoms. The van der Waals surface area contributed by atoms with Crippen LogP contribution in [0.15, 0.2) is 53.9 Å². The Hall–Kier alpha value is -2.45. The molecule has 0 saturated carbocycles. The maximum atomic E-state index is 13.5. The molecule has 0 saturated heterocycles. The summed E-state index contributed by atoms with van der Waals surface area (Å²) >= 11 is 5.72. The van der Waals surface area contributed by atoms with Crippen molar-refractivity contribution >= 4 is 23.2 Å². The van der Waals surface area contributed by atoms with Crippen LogP contribution in [0.1, 0.15) is 22.3 Å². The Morgan fingerprint density at radius 3 is 2.32 bits per heavy atom. The molecule has 2 aromatic rings. The third-order valence-electron chi connectivity index (χ3n) is 3.74. The molecule has 0 fully saturated rings. The van der Waals surface area contributed by atoms with Gasteiger partial charge >= 0.3 is 6.18 Å². The van der Waals surface area contributed by atoms with Crippen molar-refractivity contribution in [3.05, 3.63) is 64.9 Å². The number of halogens is 4. The van der Waals surface area contributed by atoms with Crippen molar-refractivity contribution in [1.82, 2.24) is 9.99 Å². The second-order valence-electron chi connectivity index (χ2n) is 5.40. The molecule has 130 valence electrons. The van der Waals surface area contributed by atoms with E-state index in [1.165, 1.54) is 48.8 Å². The Morgan fingerprint density at radius 2 is 1.76 bits per heavy atom. The van der Waals surface area contributed by atoms with Crippen LogP contribution in [0.3, 0.4) is 0 Å². The van der Waals surface area contributed by atoms with Crippen LogP contribution in [-0.2, 0) is 0 Å². The van der Waals surface area contributed by atoms with Gasteiger partial charge in [-0.05, 0) is 36.4 Å². The highest BCUT2D eigenvalue weighted by Gasteiger charge is 2.63. The van der Waals surface area contributed by atoms with Gasteiger partial charge in [-0.15, -0.1) is 0 Å². The van der Waals surface area contributed by atoms with Crippen LogP contribution in [0.4, 0.5) is 13.2 Å². The number of amides is 1. The SMILES string of the molecule is O=C(c1ccc(Cl)cc1)N1N=C(c2ccncc2)CC1(O)C(F)(F)F. The van der Waals surface area contributed by atoms with Gasteiger partial charge in [0.05, 0.1) is 12.1 Å². The summed E-state index contributed by atoms with van der Waals surface area (Å²) in [5, 5.41) is 14.4. The molecule has 25 heavy (non-hydrogen) atoms. The fourth-order valence-electron chi connectivity index (χ4n) is 2.40. The van der Waals surface area contributed by atoms with Gasteiger partial charge in [0.25, 0.3) is 11.6 Å². The zero-order valence-corrected chi connectivity index (χ0v) is 13.3. The second kappa shape index (κ2) is 6.12. The lowest BCUT2D eigenvalue weighted by atomic mass is 10.0. The summed E-state index contributed by atoms with van der Waals surface area (Å²) in [5.74, 6) is -1.08. The van der Waals surface area contributed by atoms with Gasteiger partial charge < -0.3 is 5.11 Å². The van der Waals surface area contributed by atoms with Gasteiger partial charge in [-0.2, -0.15) is 23.3 Å². The first kappa shape index (κ1) is 17.4. The monoisotopic (exact) mass is 369 g/mol. The molecule has 1 unspecified atom stereocenters. The molecule has 1 aliphatic heterocycles. The summed E-state index contributed by atoms with van der Waals surface area (Å²) < 4.78 is 40.4. The lowest BCUT2D eigenvalue weighted by Gasteiger charge is -2.32. The molecular formula is C16H11ClF3N3O2. The zero-order chi connectivity index (χ0) is 18.2. The van der Waals surface area contributed by atoms with Crippen molar-refractivity contribution in [2.45, 2.75) is 18.3 Å². The van der Waals surface area contributed by atoms with Crippen molar-refractivity contribution in [2.75, 3.05) is 0 Å². The minimum absolute atomic E-state index is 0.0652. The quantitative estimate of drug-likeness (QED) is 0.883. The lowest BCUT2D eigenvalue weighted by Crippen LogP contribution is -2.56. The van der Waals surface area contributed by atoms with E-state index in [2.05, 4.69) is 10.1 Å². The van der Waals surface area contributed by atoms with Crippen molar-refractivity contribution in [2.24, 2.45) is 5.10 Å². The Labute approximate surface area is 145 Å². The highest BCUT2D eigenvalue weighted by atomic mass is 35.5. The van der Waals surface area contributed by atoms with Crippen molar-refractivity contribution in [3.63, 3.8) is 0 Å². The Bertz CT molecular complexity index is 825. The van der Waals surface area contributed by atoms with Gasteiger partial charge in [0, 0.05) is 28.5 Å². The number of benzene rings is 1. The molecule has 3 rings (SSSR count). The van der Waals surface area contributed by atoms with Crippen molar-refractivity contribution < 1.29 is 23.1 Å². The minimum atomic E-state index is -5.09. The highest BCUT2D eigenvalue weighted by molar-refractivity contribution is 6.30. The first-order chi connectivity index (χ1) is 11.7. The third kappa shape index (κ3) is 3.10. The number of nitrogens with zero attached hydrogens (tertiary/aromatic N) is 3. The van der Waals surface area contributed by atoms with E-state index >= 15 is 0 Å². The molecule has 9 heteroatoms. The van der Waals surface area contributed by atoms with Crippen LogP contribution in [-0.4, -0.2) is 38.6 Å². The average molecular weight is 370 g/mol. The molecule has 1 aromatic heterocycles. The summed E-state index contributed by atoms with van der Waals surface area (Å²) in [7, 11) is 0. The van der Waals surface area contributed by atoms with Crippen molar-refractivity contribution in [3.8, 4) is 0 Å². The molecule has 1 amide bonds. The molecule has 1 N–H and O–H groups in total. The molecule has 2 heterocycles. The first-order valence-electron chi connectivity index (χ1n) is 7.09. The fraction of sp³-hybridized carbons (Fsp3) is 0.188. The van der Waals surface area contributed by atoms with E-state index in [1.807, 2.05) is 0 Å². The van der Waals surface area contributed by atoms with E-state index in [0.717, 1.165) is 0 Å². The molecule has 0 aliphatic carbocycles. The molecule has 1 aliphatic rings. The van der Waals surface area contributed by atoms with Crippen LogP contribution in [0.25, 0.3) is 0 Å². The second-order valence-corrected chi connectivity index (χ2v) is 5.83. The summed E-state index contributed by atoms with van der Waals surface area (Å²) in [6.07, 6.45) is -3.20. The number of carbonyl (C=O) groups excluding carboxylic acids is 1. The van der Waals surface area contributed by atoms with Crippen LogP contribution in [0.5, 0.6) is 0 Å². The molecule has 5 nitrogen and oxygen atoms in total. The Balaban J connectivity index is 2.04. The number of hydrogen-bond donors (Lipinski definition) is 1. The van der Waals surface area contributed by atoms with E-state index in [0.29, 0.717) is 10.6 Å². The maximum absolute atomic E-state index is 13.5. The standard InChI is InChI=1S/C16H11ClF3N3O2/c17-12-3-1-11(2-4-12)14(24)23-15(25,16(18,19)20)9-13(22-23)10-5-7-21-8-6-10/h1-8,25H,9H2. The van der Waals surface area contributed by atoms with Crippen LogP contribution >= 0.6 is 11.6 Å². The van der Waals surface area contributed by atoms with Crippen LogP contribution in [0.2, 0.25) is 5.02 Å². The van der Waals surface area contributed by atoms with E-state index in [1.54, 1.807) is 0 Å². The molecular weight excluding hydrogens is 359 g/mol. The van der Waals surface area contributed by atoms with E-state index in [-0.39, 0.29) is 16.3 Å². The number of aliphatic hydroxyl groups is 1. The third-order valence-corrected chi connectivity index (χ3v) is 3.99. The summed E-state index contributed by atoms with van der Waals surface area (Å²) in [4.78, 5) is 16.3. The maximum Gasteiger partial charge on any atom is 0.438 e. The molecule has 1 aromatic carbocycles. The predicted molar refractivity (Wildman–Crippen MR) is 84.0 cm³/mol. The summed E-state index contributed by atoms with van der Waals surface area (Å²) in [6, 6.07) is 8.16. The molecule has 1 atom stereocenters. The normalized spacial score (nSPS) is 20.5. The minimum Gasteiger partial charge on any atom is -0.362 e. The topological polar surface area (TPSA) is 65.8 Å². The van der Waals surface area contributed by atoms with E-state index in [4.69, 9.17) is 11.6 Å². The van der Waals surface area contributed by atoms with E-state index < -0.39 is 24.2 Å². The highest BCUT2D eigenvalue weighted by Crippen LogP contribution is 2.41. The Morgan fingerprint density at radius 1 is 1.16 bits per heavy atom.